The van der Waals surface area contributed by atoms with Crippen LogP contribution in [-0.2, 0) is 5.75 Å². The number of rotatable bonds is 5. The molecule has 1 aromatic carbocycles. The smallest absolute Gasteiger partial charge is 0.354 e. The van der Waals surface area contributed by atoms with Crippen LogP contribution in [-0.4, -0.2) is 23.2 Å². The summed E-state index contributed by atoms with van der Waals surface area (Å²) >= 11 is 1.57. The first-order valence-corrected chi connectivity index (χ1v) is 6.62. The monoisotopic (exact) mass is 275 g/mol. The molecule has 2 rings (SSSR count). The Balaban J connectivity index is 2.05. The van der Waals surface area contributed by atoms with Gasteiger partial charge in [-0.05, 0) is 29.8 Å². The van der Waals surface area contributed by atoms with E-state index in [1.54, 1.807) is 31.0 Å². The van der Waals surface area contributed by atoms with E-state index in [9.17, 15) is 4.79 Å². The van der Waals surface area contributed by atoms with Crippen molar-refractivity contribution in [3.8, 4) is 5.75 Å². The van der Waals surface area contributed by atoms with Crippen LogP contribution in [0.5, 0.6) is 5.75 Å². The van der Waals surface area contributed by atoms with E-state index >= 15 is 0 Å². The Hall–Kier alpha value is -2.01. The molecule has 2 aromatic rings. The van der Waals surface area contributed by atoms with Crippen molar-refractivity contribution in [3.63, 3.8) is 0 Å². The number of ether oxygens (including phenoxy) is 1. The minimum Gasteiger partial charge on any atom is -0.497 e. The molecule has 0 aliphatic carbocycles. The third-order valence-corrected chi connectivity index (χ3v) is 3.56. The van der Waals surface area contributed by atoms with Crippen LogP contribution in [0.25, 0.3) is 0 Å². The van der Waals surface area contributed by atoms with Crippen LogP contribution in [0.4, 0.5) is 0 Å². The first-order chi connectivity index (χ1) is 9.19. The third kappa shape index (κ3) is 3.72. The van der Waals surface area contributed by atoms with Gasteiger partial charge in [0, 0.05) is 16.8 Å². The summed E-state index contributed by atoms with van der Waals surface area (Å²) in [5, 5.41) is 8.87. The van der Waals surface area contributed by atoms with Gasteiger partial charge < -0.3 is 9.84 Å². The number of methoxy groups -OCH3 is 1. The number of hydrogen-bond acceptors (Lipinski definition) is 4. The van der Waals surface area contributed by atoms with Gasteiger partial charge in [0.25, 0.3) is 0 Å². The second kappa shape index (κ2) is 6.24. The molecule has 1 aromatic heterocycles. The quantitative estimate of drug-likeness (QED) is 0.850. The summed E-state index contributed by atoms with van der Waals surface area (Å²) in [6, 6.07) is 11.2. The van der Waals surface area contributed by atoms with Gasteiger partial charge in [-0.2, -0.15) is 0 Å². The molecule has 0 saturated heterocycles. The molecule has 0 fully saturated rings. The molecule has 19 heavy (non-hydrogen) atoms. The highest BCUT2D eigenvalue weighted by molar-refractivity contribution is 7.98. The second-order valence-corrected chi connectivity index (χ2v) is 4.87. The average Bonchev–Trinajstić information content (AvgIpc) is 2.45. The fourth-order valence-electron chi connectivity index (χ4n) is 1.55. The number of carbonyl (C=O) groups is 1. The normalized spacial score (nSPS) is 10.2. The lowest BCUT2D eigenvalue weighted by Crippen LogP contribution is -1.99. The number of nitrogens with zero attached hydrogens (tertiary/aromatic N) is 1. The van der Waals surface area contributed by atoms with Crippen LogP contribution in [0.3, 0.4) is 0 Å². The Morgan fingerprint density at radius 3 is 2.95 bits per heavy atom. The Kier molecular flexibility index (Phi) is 4.41. The van der Waals surface area contributed by atoms with Crippen molar-refractivity contribution in [2.45, 2.75) is 10.6 Å². The second-order valence-electron chi connectivity index (χ2n) is 3.82. The van der Waals surface area contributed by atoms with Gasteiger partial charge in [0.05, 0.1) is 7.11 Å². The summed E-state index contributed by atoms with van der Waals surface area (Å²) in [6.07, 6.45) is 1.51. The molecule has 0 radical (unpaired) electrons. The Morgan fingerprint density at radius 2 is 2.21 bits per heavy atom. The minimum atomic E-state index is -1.01. The standard InChI is InChI=1S/C14H13NO3S/c1-18-11-4-2-3-10(7-11)9-19-12-5-6-15-13(8-12)14(16)17/h2-8H,9H2,1H3,(H,16,17). The predicted molar refractivity (Wildman–Crippen MR) is 73.8 cm³/mol. The maximum atomic E-state index is 10.8. The highest BCUT2D eigenvalue weighted by atomic mass is 32.2. The summed E-state index contributed by atoms with van der Waals surface area (Å²) in [5.41, 5.74) is 1.19. The maximum absolute atomic E-state index is 10.8. The first kappa shape index (κ1) is 13.4. The van der Waals surface area contributed by atoms with Gasteiger partial charge in [-0.15, -0.1) is 11.8 Å². The zero-order valence-corrected chi connectivity index (χ0v) is 11.2. The number of carboxylic acid groups (broad SMARTS) is 1. The van der Waals surface area contributed by atoms with Crippen LogP contribution in [0.15, 0.2) is 47.5 Å². The fraction of sp³-hybridized carbons (Fsp3) is 0.143. The van der Waals surface area contributed by atoms with Gasteiger partial charge >= 0.3 is 5.97 Å². The molecule has 0 bridgehead atoms. The van der Waals surface area contributed by atoms with Gasteiger partial charge in [0.1, 0.15) is 11.4 Å². The Labute approximate surface area is 115 Å². The topological polar surface area (TPSA) is 59.4 Å². The Morgan fingerprint density at radius 1 is 1.37 bits per heavy atom. The molecule has 5 heteroatoms. The number of carboxylic acids is 1. The van der Waals surface area contributed by atoms with Crippen molar-refractivity contribution < 1.29 is 14.6 Å². The van der Waals surface area contributed by atoms with Crippen molar-refractivity contribution in [2.24, 2.45) is 0 Å². The summed E-state index contributed by atoms with van der Waals surface area (Å²) in [4.78, 5) is 15.5. The lowest BCUT2D eigenvalue weighted by molar-refractivity contribution is 0.0690. The molecule has 1 heterocycles. The largest absolute Gasteiger partial charge is 0.497 e. The van der Waals surface area contributed by atoms with Crippen LogP contribution >= 0.6 is 11.8 Å². The van der Waals surface area contributed by atoms with Gasteiger partial charge in [-0.25, -0.2) is 9.78 Å². The molecular weight excluding hydrogens is 262 g/mol. The van der Waals surface area contributed by atoms with Crippen molar-refractivity contribution in [1.29, 1.82) is 0 Å². The molecule has 98 valence electrons. The molecular formula is C14H13NO3S. The fourth-order valence-corrected chi connectivity index (χ4v) is 2.41. The van der Waals surface area contributed by atoms with Gasteiger partial charge in [-0.1, -0.05) is 12.1 Å². The third-order valence-electron chi connectivity index (χ3n) is 2.49. The van der Waals surface area contributed by atoms with Crippen molar-refractivity contribution in [3.05, 3.63) is 53.9 Å². The number of pyridine rings is 1. The highest BCUT2D eigenvalue weighted by Gasteiger charge is 2.05. The van der Waals surface area contributed by atoms with Gasteiger partial charge in [0.15, 0.2) is 0 Å². The summed E-state index contributed by atoms with van der Waals surface area (Å²) in [7, 11) is 1.63. The van der Waals surface area contributed by atoms with E-state index in [1.165, 1.54) is 6.20 Å². The van der Waals surface area contributed by atoms with E-state index in [2.05, 4.69) is 4.98 Å². The summed E-state index contributed by atoms with van der Waals surface area (Å²) in [6.45, 7) is 0. The molecule has 0 aliphatic heterocycles. The molecule has 0 atom stereocenters. The van der Waals surface area contributed by atoms with Gasteiger partial charge in [-0.3, -0.25) is 0 Å². The van der Waals surface area contributed by atoms with E-state index < -0.39 is 5.97 Å². The molecule has 1 N–H and O–H groups in total. The number of benzene rings is 1. The predicted octanol–water partition coefficient (Wildman–Crippen LogP) is 3.08. The SMILES string of the molecule is COc1cccc(CSc2ccnc(C(=O)O)c2)c1. The molecule has 0 saturated carbocycles. The molecule has 0 aliphatic rings. The van der Waals surface area contributed by atoms with Crippen molar-refractivity contribution >= 4 is 17.7 Å². The van der Waals surface area contributed by atoms with Crippen LogP contribution in [0, 0.1) is 0 Å². The zero-order chi connectivity index (χ0) is 13.7. The molecule has 0 unspecified atom stereocenters. The zero-order valence-electron chi connectivity index (χ0n) is 10.4. The lowest BCUT2D eigenvalue weighted by Gasteiger charge is -2.05. The Bertz CT molecular complexity index is 586. The summed E-state index contributed by atoms with van der Waals surface area (Å²) in [5.74, 6) is 0.558. The minimum absolute atomic E-state index is 0.0654. The average molecular weight is 275 g/mol. The van der Waals surface area contributed by atoms with Crippen molar-refractivity contribution in [1.82, 2.24) is 4.98 Å². The lowest BCUT2D eigenvalue weighted by atomic mass is 10.2. The number of thioether (sulfide) groups is 1. The van der Waals surface area contributed by atoms with E-state index in [0.29, 0.717) is 0 Å². The van der Waals surface area contributed by atoms with Gasteiger partial charge in [0.2, 0.25) is 0 Å². The van der Waals surface area contributed by atoms with Crippen molar-refractivity contribution in [2.75, 3.05) is 7.11 Å². The van der Waals surface area contributed by atoms with E-state index in [1.807, 2.05) is 24.3 Å². The van der Waals surface area contributed by atoms with Crippen LogP contribution < -0.4 is 4.74 Å². The van der Waals surface area contributed by atoms with E-state index in [-0.39, 0.29) is 5.69 Å². The van der Waals surface area contributed by atoms with E-state index in [4.69, 9.17) is 9.84 Å². The van der Waals surface area contributed by atoms with E-state index in [0.717, 1.165) is 22.0 Å². The van der Waals surface area contributed by atoms with Crippen LogP contribution in [0.1, 0.15) is 16.1 Å². The first-order valence-electron chi connectivity index (χ1n) is 5.64. The summed E-state index contributed by atoms with van der Waals surface area (Å²) < 4.78 is 5.16. The van der Waals surface area contributed by atoms with Crippen LogP contribution in [0.2, 0.25) is 0 Å². The highest BCUT2D eigenvalue weighted by Crippen LogP contribution is 2.24. The molecule has 4 nitrogen and oxygen atoms in total. The number of hydrogen-bond donors (Lipinski definition) is 1. The molecule has 0 spiro atoms. The number of aromatic carboxylic acids is 1. The maximum Gasteiger partial charge on any atom is 0.354 e. The molecule has 0 amide bonds. The number of aromatic nitrogens is 1.